The Kier molecular flexibility index (Phi) is 7.83. The van der Waals surface area contributed by atoms with Gasteiger partial charge in [-0.05, 0) is 81.4 Å². The Morgan fingerprint density at radius 1 is 1.08 bits per heavy atom. The molecule has 188 valence electrons. The molecule has 0 aliphatic heterocycles. The molecule has 0 spiro atoms. The highest BCUT2D eigenvalue weighted by atomic mass is 16.7. The normalized spacial score (nSPS) is 17.9. The lowest BCUT2D eigenvalue weighted by molar-refractivity contribution is -0.124. The minimum Gasteiger partial charge on any atom is -0.449 e. The number of carbonyl (C=O) groups is 2. The van der Waals surface area contributed by atoms with E-state index < -0.39 is 6.16 Å². The Morgan fingerprint density at radius 2 is 1.81 bits per heavy atom. The first kappa shape index (κ1) is 25.2. The maximum absolute atomic E-state index is 13.5. The molecule has 2 aromatic heterocycles. The number of nitrogens with zero attached hydrogens (tertiary/aromatic N) is 4. The number of aromatic nitrogens is 3. The van der Waals surface area contributed by atoms with Crippen molar-refractivity contribution in [2.75, 3.05) is 4.90 Å². The minimum atomic E-state index is -1.45. The smallest absolute Gasteiger partial charge is 0.449 e. The van der Waals surface area contributed by atoms with Crippen LogP contribution < -0.4 is 9.64 Å². The van der Waals surface area contributed by atoms with Gasteiger partial charge < -0.3 is 9.84 Å². The van der Waals surface area contributed by atoms with Gasteiger partial charge in [0.2, 0.25) is 11.7 Å². The molecule has 36 heavy (non-hydrogen) atoms. The lowest BCUT2D eigenvalue weighted by atomic mass is 9.82. The molecule has 1 N–H and O–H groups in total. The fourth-order valence-electron chi connectivity index (χ4n) is 4.52. The summed E-state index contributed by atoms with van der Waals surface area (Å²) in [5, 5.41) is 13.9. The van der Waals surface area contributed by atoms with Crippen molar-refractivity contribution < 1.29 is 19.4 Å². The molecule has 4 rings (SSSR count). The number of rotatable bonds is 7. The average molecular weight is 489 g/mol. The van der Waals surface area contributed by atoms with Crippen LogP contribution >= 0.6 is 0 Å². The van der Waals surface area contributed by atoms with E-state index >= 15 is 0 Å². The number of hydrogen-bond acceptors (Lipinski definition) is 5. The molecule has 1 aliphatic carbocycles. The number of ether oxygens (including phenoxy) is 1. The van der Waals surface area contributed by atoms with E-state index in [9.17, 15) is 14.7 Å². The van der Waals surface area contributed by atoms with Crippen LogP contribution in [0.3, 0.4) is 0 Å². The van der Waals surface area contributed by atoms with E-state index in [1.54, 1.807) is 15.8 Å². The number of benzene rings is 1. The van der Waals surface area contributed by atoms with E-state index in [4.69, 9.17) is 4.74 Å². The van der Waals surface area contributed by atoms with Crippen LogP contribution in [-0.2, 0) is 4.79 Å². The van der Waals surface area contributed by atoms with Gasteiger partial charge in [-0.25, -0.2) is 9.48 Å². The van der Waals surface area contributed by atoms with Gasteiger partial charge in [-0.2, -0.15) is 0 Å². The van der Waals surface area contributed by atoms with E-state index in [1.807, 2.05) is 68.5 Å². The summed E-state index contributed by atoms with van der Waals surface area (Å²) in [4.78, 5) is 30.8. The van der Waals surface area contributed by atoms with Crippen LogP contribution in [0.4, 0.5) is 10.6 Å². The highest BCUT2D eigenvalue weighted by molar-refractivity contribution is 5.96. The van der Waals surface area contributed by atoms with Crippen molar-refractivity contribution in [2.45, 2.75) is 52.5 Å². The molecule has 1 saturated carbocycles. The molecule has 1 fully saturated rings. The number of hydrogen-bond donors (Lipinski definition) is 1. The molecular weight excluding hydrogens is 456 g/mol. The lowest BCUT2D eigenvalue weighted by Gasteiger charge is -2.32. The van der Waals surface area contributed by atoms with E-state index in [2.05, 4.69) is 17.0 Å². The SMILES string of the molecule is CC(C)N(c1nn(-c2ccc(C=Cc3ccccn3)cc2)cc1OC(=O)O)C(=O)[C@H]1CC[C@H](C)CC1. The molecule has 2 heterocycles. The molecule has 3 aromatic rings. The van der Waals surface area contributed by atoms with Crippen molar-refractivity contribution in [1.82, 2.24) is 14.8 Å². The quantitative estimate of drug-likeness (QED) is 0.406. The molecular formula is C28H32N4O4. The van der Waals surface area contributed by atoms with Gasteiger partial charge in [0, 0.05) is 18.2 Å². The molecule has 1 aromatic carbocycles. The topological polar surface area (TPSA) is 97.6 Å². The summed E-state index contributed by atoms with van der Waals surface area (Å²) < 4.78 is 6.61. The summed E-state index contributed by atoms with van der Waals surface area (Å²) in [6, 6.07) is 13.1. The zero-order valence-corrected chi connectivity index (χ0v) is 20.9. The second kappa shape index (κ2) is 11.2. The van der Waals surface area contributed by atoms with E-state index in [-0.39, 0.29) is 29.4 Å². The summed E-state index contributed by atoms with van der Waals surface area (Å²) >= 11 is 0. The third-order valence-corrected chi connectivity index (χ3v) is 6.50. The molecule has 1 amide bonds. The zero-order valence-electron chi connectivity index (χ0n) is 20.9. The Balaban J connectivity index is 1.61. The molecule has 0 radical (unpaired) electrons. The fourth-order valence-corrected chi connectivity index (χ4v) is 4.52. The van der Waals surface area contributed by atoms with Gasteiger partial charge in [-0.1, -0.05) is 31.2 Å². The first-order valence-corrected chi connectivity index (χ1v) is 12.3. The van der Waals surface area contributed by atoms with Crippen molar-refractivity contribution in [2.24, 2.45) is 11.8 Å². The molecule has 0 bridgehead atoms. The number of amides is 1. The molecule has 1 aliphatic rings. The van der Waals surface area contributed by atoms with Crippen LogP contribution in [0.25, 0.3) is 17.8 Å². The van der Waals surface area contributed by atoms with Gasteiger partial charge in [-0.15, -0.1) is 5.10 Å². The van der Waals surface area contributed by atoms with Gasteiger partial charge in [0.05, 0.1) is 17.6 Å². The Morgan fingerprint density at radius 3 is 2.42 bits per heavy atom. The molecule has 0 atom stereocenters. The third kappa shape index (κ3) is 6.00. The van der Waals surface area contributed by atoms with Crippen LogP contribution in [-0.4, -0.2) is 38.0 Å². The Bertz CT molecular complexity index is 1210. The number of carbonyl (C=O) groups excluding carboxylic acids is 1. The average Bonchev–Trinajstić information content (AvgIpc) is 3.26. The first-order valence-electron chi connectivity index (χ1n) is 12.3. The number of anilines is 1. The van der Waals surface area contributed by atoms with E-state index in [1.165, 1.54) is 6.20 Å². The second-order valence-corrected chi connectivity index (χ2v) is 9.57. The first-order chi connectivity index (χ1) is 17.3. The predicted molar refractivity (Wildman–Crippen MR) is 139 cm³/mol. The summed E-state index contributed by atoms with van der Waals surface area (Å²) in [5.41, 5.74) is 2.55. The van der Waals surface area contributed by atoms with Crippen molar-refractivity contribution in [3.05, 3.63) is 66.1 Å². The predicted octanol–water partition coefficient (Wildman–Crippen LogP) is 6.06. The summed E-state index contributed by atoms with van der Waals surface area (Å²) in [6.07, 6.45) is 9.37. The van der Waals surface area contributed by atoms with Crippen molar-refractivity contribution in [3.8, 4) is 11.4 Å². The van der Waals surface area contributed by atoms with Gasteiger partial charge in [0.15, 0.2) is 5.75 Å². The fraction of sp³-hybridized carbons (Fsp3) is 0.357. The third-order valence-electron chi connectivity index (χ3n) is 6.50. The van der Waals surface area contributed by atoms with Crippen LogP contribution in [0, 0.1) is 11.8 Å². The molecule has 0 saturated heterocycles. The number of pyridine rings is 1. The van der Waals surface area contributed by atoms with Crippen LogP contribution in [0.5, 0.6) is 5.75 Å². The van der Waals surface area contributed by atoms with Gasteiger partial charge in [0.1, 0.15) is 0 Å². The van der Waals surface area contributed by atoms with E-state index in [0.717, 1.165) is 36.9 Å². The second-order valence-electron chi connectivity index (χ2n) is 9.57. The zero-order chi connectivity index (χ0) is 25.7. The monoisotopic (exact) mass is 488 g/mol. The highest BCUT2D eigenvalue weighted by Gasteiger charge is 2.34. The number of carboxylic acid groups (broad SMARTS) is 1. The van der Waals surface area contributed by atoms with Gasteiger partial charge in [-0.3, -0.25) is 14.7 Å². The summed E-state index contributed by atoms with van der Waals surface area (Å²) in [5.74, 6) is 0.737. The molecule has 0 unspecified atom stereocenters. The van der Waals surface area contributed by atoms with Gasteiger partial charge >= 0.3 is 6.16 Å². The summed E-state index contributed by atoms with van der Waals surface area (Å²) in [7, 11) is 0. The Hall–Kier alpha value is -3.94. The highest BCUT2D eigenvalue weighted by Crippen LogP contribution is 2.35. The Labute approximate surface area is 211 Å². The minimum absolute atomic E-state index is 0.0348. The van der Waals surface area contributed by atoms with Crippen molar-refractivity contribution >= 4 is 30.0 Å². The van der Waals surface area contributed by atoms with Crippen LogP contribution in [0.1, 0.15) is 57.7 Å². The van der Waals surface area contributed by atoms with Crippen molar-refractivity contribution in [3.63, 3.8) is 0 Å². The molecule has 8 nitrogen and oxygen atoms in total. The largest absolute Gasteiger partial charge is 0.511 e. The summed E-state index contributed by atoms with van der Waals surface area (Å²) in [6.45, 7) is 6.01. The maximum Gasteiger partial charge on any atom is 0.511 e. The maximum atomic E-state index is 13.5. The van der Waals surface area contributed by atoms with E-state index in [0.29, 0.717) is 11.6 Å². The van der Waals surface area contributed by atoms with Gasteiger partial charge in [0.25, 0.3) is 0 Å². The van der Waals surface area contributed by atoms with Crippen LogP contribution in [0.2, 0.25) is 0 Å². The van der Waals surface area contributed by atoms with Crippen molar-refractivity contribution in [1.29, 1.82) is 0 Å². The van der Waals surface area contributed by atoms with Crippen LogP contribution in [0.15, 0.2) is 54.9 Å². The lowest BCUT2D eigenvalue weighted by Crippen LogP contribution is -2.42. The molecule has 8 heteroatoms. The standard InChI is InChI=1S/C28H32N4O4/c1-19(2)32(27(33)22-12-7-20(3)8-13-22)26-25(36-28(34)35)18-31(30-26)24-15-10-21(11-16-24)9-14-23-6-4-5-17-29-23/h4-6,9-11,14-20,22H,7-8,12-13H2,1-3H3,(H,34,35)/t20-,22-.